The van der Waals surface area contributed by atoms with Crippen molar-refractivity contribution < 1.29 is 9.53 Å². The zero-order valence-electron chi connectivity index (χ0n) is 4.96. The Morgan fingerprint density at radius 3 is 2.62 bits per heavy atom. The highest BCUT2D eigenvalue weighted by atomic mass is 16.5. The van der Waals surface area contributed by atoms with E-state index in [-0.39, 0.29) is 6.10 Å². The molecule has 0 aromatic heterocycles. The zero-order valence-corrected chi connectivity index (χ0v) is 4.96. The normalized spacial score (nSPS) is 37.5. The third-order valence-corrected chi connectivity index (χ3v) is 1.42. The molecule has 44 valence electrons. The molecule has 0 unspecified atom stereocenters. The fourth-order valence-electron chi connectivity index (χ4n) is 0.934. The topological polar surface area (TPSA) is 26.3 Å². The van der Waals surface area contributed by atoms with Gasteiger partial charge in [0.2, 0.25) is 0 Å². The lowest BCUT2D eigenvalue weighted by Gasteiger charge is -2.00. The molecule has 0 radical (unpaired) electrons. The minimum atomic E-state index is -0.106. The van der Waals surface area contributed by atoms with Gasteiger partial charge in [-0.3, -0.25) is 0 Å². The lowest BCUT2D eigenvalue weighted by molar-refractivity contribution is -0.116. The Kier molecular flexibility index (Phi) is 1.68. The van der Waals surface area contributed by atoms with Gasteiger partial charge in [0, 0.05) is 6.00 Å². The summed E-state index contributed by atoms with van der Waals surface area (Å²) >= 11 is 0. The quantitative estimate of drug-likeness (QED) is 0.332. The van der Waals surface area contributed by atoms with Crippen LogP contribution in [0.2, 0.25) is 0 Å². The number of aldehydes is 1. The van der Waals surface area contributed by atoms with Crippen LogP contribution >= 0.6 is 0 Å². The summed E-state index contributed by atoms with van der Waals surface area (Å²) in [7, 11) is 1.99. The first-order valence-electron chi connectivity index (χ1n) is 2.93. The second kappa shape index (κ2) is 2.31. The average Bonchev–Trinajstić information content (AvgIpc) is 2.14. The molecule has 2 atom stereocenters. The van der Waals surface area contributed by atoms with Gasteiger partial charge >= 0.3 is 0 Å². The number of carbonyl (C=O) groups is 1. The van der Waals surface area contributed by atoms with Crippen molar-refractivity contribution in [3.8, 4) is 0 Å². The van der Waals surface area contributed by atoms with Crippen molar-refractivity contribution >= 4 is 14.1 Å². The lowest BCUT2D eigenvalue weighted by atomic mass is 9.97. The number of hydrogen-bond donors (Lipinski definition) is 0. The highest BCUT2D eigenvalue weighted by Crippen LogP contribution is 2.14. The molecule has 1 fully saturated rings. The van der Waals surface area contributed by atoms with Crippen molar-refractivity contribution in [2.75, 3.05) is 0 Å². The van der Waals surface area contributed by atoms with Gasteiger partial charge in [0.15, 0.2) is 0 Å². The van der Waals surface area contributed by atoms with Crippen LogP contribution in [0.15, 0.2) is 0 Å². The second-order valence-electron chi connectivity index (χ2n) is 2.20. The van der Waals surface area contributed by atoms with Crippen molar-refractivity contribution in [3.05, 3.63) is 0 Å². The molecule has 1 heterocycles. The maximum atomic E-state index is 10.0. The summed E-state index contributed by atoms with van der Waals surface area (Å²) in [5.41, 5.74) is 0. The summed E-state index contributed by atoms with van der Waals surface area (Å²) in [5.74, 6) is 0. The molecule has 0 aromatic carbocycles. The minimum Gasteiger partial charge on any atom is -0.377 e. The standard InChI is InChI=1S/C5H9BO2/c6-5-2-1-4(3-7)8-5/h3-5H,1-2,6H2/t4-,5+/m0/s1. The molecule has 0 N–H and O–H groups in total. The first-order valence-corrected chi connectivity index (χ1v) is 2.93. The first kappa shape index (κ1) is 5.82. The van der Waals surface area contributed by atoms with E-state index in [1.54, 1.807) is 0 Å². The smallest absolute Gasteiger partial charge is 0.148 e. The Bertz CT molecular complexity index is 94.4. The van der Waals surface area contributed by atoms with Gasteiger partial charge < -0.3 is 9.53 Å². The molecule has 8 heavy (non-hydrogen) atoms. The van der Waals surface area contributed by atoms with Crippen molar-refractivity contribution in [2.24, 2.45) is 0 Å². The van der Waals surface area contributed by atoms with E-state index in [4.69, 9.17) is 4.74 Å². The highest BCUT2D eigenvalue weighted by molar-refractivity contribution is 6.11. The molecular weight excluding hydrogens is 103 g/mol. The van der Waals surface area contributed by atoms with Crippen LogP contribution in [0.25, 0.3) is 0 Å². The molecule has 2 nitrogen and oxygen atoms in total. The van der Waals surface area contributed by atoms with E-state index in [9.17, 15) is 4.79 Å². The molecule has 0 saturated carbocycles. The average molecular weight is 112 g/mol. The molecule has 1 rings (SSSR count). The fourth-order valence-corrected chi connectivity index (χ4v) is 0.934. The van der Waals surface area contributed by atoms with E-state index in [0.29, 0.717) is 6.00 Å². The summed E-state index contributed by atoms with van der Waals surface area (Å²) in [6.45, 7) is 0. The molecule has 0 bridgehead atoms. The summed E-state index contributed by atoms with van der Waals surface area (Å²) in [6.07, 6.45) is 2.71. The molecule has 0 spiro atoms. The second-order valence-corrected chi connectivity index (χ2v) is 2.20. The predicted molar refractivity (Wildman–Crippen MR) is 32.5 cm³/mol. The van der Waals surface area contributed by atoms with Gasteiger partial charge in [0.05, 0.1) is 0 Å². The lowest BCUT2D eigenvalue weighted by Crippen LogP contribution is -2.10. The molecule has 1 saturated heterocycles. The third-order valence-electron chi connectivity index (χ3n) is 1.42. The Balaban J connectivity index is 2.32. The van der Waals surface area contributed by atoms with Crippen LogP contribution in [0.4, 0.5) is 0 Å². The van der Waals surface area contributed by atoms with Crippen molar-refractivity contribution in [3.63, 3.8) is 0 Å². The van der Waals surface area contributed by atoms with Crippen LogP contribution in [-0.4, -0.2) is 26.2 Å². The van der Waals surface area contributed by atoms with Gasteiger partial charge in [-0.2, -0.15) is 0 Å². The van der Waals surface area contributed by atoms with Crippen LogP contribution in [0.3, 0.4) is 0 Å². The van der Waals surface area contributed by atoms with Crippen molar-refractivity contribution in [1.82, 2.24) is 0 Å². The highest BCUT2D eigenvalue weighted by Gasteiger charge is 2.19. The van der Waals surface area contributed by atoms with Crippen LogP contribution in [0.1, 0.15) is 12.8 Å². The SMILES string of the molecule is B[C@H]1CC[C@@H](C=O)O1. The van der Waals surface area contributed by atoms with Gasteiger partial charge in [0.25, 0.3) is 0 Å². The maximum absolute atomic E-state index is 10.0. The molecule has 0 amide bonds. The molecule has 1 aliphatic heterocycles. The van der Waals surface area contributed by atoms with E-state index in [1.807, 2.05) is 7.85 Å². The van der Waals surface area contributed by atoms with Crippen molar-refractivity contribution in [1.29, 1.82) is 0 Å². The Morgan fingerprint density at radius 2 is 2.38 bits per heavy atom. The van der Waals surface area contributed by atoms with Gasteiger partial charge in [-0.05, 0) is 12.8 Å². The first-order chi connectivity index (χ1) is 3.83. The maximum Gasteiger partial charge on any atom is 0.148 e. The van der Waals surface area contributed by atoms with Crippen LogP contribution in [0.5, 0.6) is 0 Å². The Morgan fingerprint density at radius 1 is 1.62 bits per heavy atom. The number of carbonyl (C=O) groups excluding carboxylic acids is 1. The van der Waals surface area contributed by atoms with Crippen LogP contribution in [-0.2, 0) is 9.53 Å². The van der Waals surface area contributed by atoms with Gasteiger partial charge in [-0.15, -0.1) is 0 Å². The van der Waals surface area contributed by atoms with Gasteiger partial charge in [0.1, 0.15) is 20.2 Å². The predicted octanol–water partition coefficient (Wildman–Crippen LogP) is -0.677. The molecule has 1 aliphatic rings. The summed E-state index contributed by atoms with van der Waals surface area (Å²) in [6, 6.07) is 0.296. The van der Waals surface area contributed by atoms with Crippen LogP contribution < -0.4 is 0 Å². The third kappa shape index (κ3) is 1.10. The summed E-state index contributed by atoms with van der Waals surface area (Å²) < 4.78 is 5.14. The van der Waals surface area contributed by atoms with E-state index >= 15 is 0 Å². The Hall–Kier alpha value is -0.305. The van der Waals surface area contributed by atoms with Crippen molar-refractivity contribution in [2.45, 2.75) is 24.9 Å². The molecule has 3 heteroatoms. The zero-order chi connectivity index (χ0) is 5.98. The van der Waals surface area contributed by atoms with Gasteiger partial charge in [-0.1, -0.05) is 0 Å². The van der Waals surface area contributed by atoms with Gasteiger partial charge in [-0.25, -0.2) is 0 Å². The fraction of sp³-hybridized carbons (Fsp3) is 0.800. The number of ether oxygens (including phenoxy) is 1. The van der Waals surface area contributed by atoms with Crippen LogP contribution in [0, 0.1) is 0 Å². The summed E-state index contributed by atoms with van der Waals surface area (Å²) in [4.78, 5) is 10.0. The molecule has 0 aromatic rings. The molecule has 0 aliphatic carbocycles. The van der Waals surface area contributed by atoms with E-state index in [2.05, 4.69) is 0 Å². The minimum absolute atomic E-state index is 0.106. The summed E-state index contributed by atoms with van der Waals surface area (Å²) in [5, 5.41) is 0. The molecular formula is C5H9BO2. The van der Waals surface area contributed by atoms with E-state index in [1.165, 1.54) is 0 Å². The number of hydrogen-bond acceptors (Lipinski definition) is 2. The monoisotopic (exact) mass is 112 g/mol. The van der Waals surface area contributed by atoms with E-state index in [0.717, 1.165) is 19.1 Å². The van der Waals surface area contributed by atoms with E-state index < -0.39 is 0 Å². The Labute approximate surface area is 49.6 Å². The number of rotatable bonds is 1. The largest absolute Gasteiger partial charge is 0.377 e.